The number of aryl methyl sites for hydroxylation is 1. The van der Waals surface area contributed by atoms with Crippen molar-refractivity contribution in [3.63, 3.8) is 0 Å². The number of benzene rings is 1. The maximum absolute atomic E-state index is 12.8. The fraction of sp³-hybridized carbons (Fsp3) is 0.300. The van der Waals surface area contributed by atoms with Gasteiger partial charge in [0.25, 0.3) is 0 Å². The molecule has 0 heterocycles. The highest BCUT2D eigenvalue weighted by atomic mass is 19.2. The quantitative estimate of drug-likeness (QED) is 0.811. The van der Waals surface area contributed by atoms with Crippen LogP contribution < -0.4 is 0 Å². The monoisotopic (exact) mass is 200 g/mol. The van der Waals surface area contributed by atoms with Gasteiger partial charge in [-0.25, -0.2) is 8.78 Å². The Morgan fingerprint density at radius 3 is 2.21 bits per heavy atom. The lowest BCUT2D eigenvalue weighted by molar-refractivity contribution is -0.136. The molecule has 76 valence electrons. The molecule has 1 aromatic rings. The second-order valence-electron chi connectivity index (χ2n) is 2.96. The summed E-state index contributed by atoms with van der Waals surface area (Å²) in [5.41, 5.74) is 0.866. The molecule has 0 fully saturated rings. The molecule has 4 heteroatoms. The third-order valence-corrected chi connectivity index (χ3v) is 1.97. The van der Waals surface area contributed by atoms with Crippen LogP contribution in [0.1, 0.15) is 18.1 Å². The van der Waals surface area contributed by atoms with Crippen LogP contribution in [0.3, 0.4) is 0 Å². The number of hydrogen-bond donors (Lipinski definition) is 1. The Labute approximate surface area is 80.2 Å². The molecule has 0 aliphatic carbocycles. The van der Waals surface area contributed by atoms with E-state index in [1.54, 1.807) is 6.92 Å². The fourth-order valence-corrected chi connectivity index (χ4v) is 1.29. The van der Waals surface area contributed by atoms with Crippen molar-refractivity contribution in [2.75, 3.05) is 0 Å². The van der Waals surface area contributed by atoms with Gasteiger partial charge in [0.15, 0.2) is 11.6 Å². The minimum absolute atomic E-state index is 0.277. The van der Waals surface area contributed by atoms with Crippen molar-refractivity contribution in [3.05, 3.63) is 34.9 Å². The molecule has 0 aromatic heterocycles. The van der Waals surface area contributed by atoms with Crippen molar-refractivity contribution in [3.8, 4) is 0 Å². The van der Waals surface area contributed by atoms with Crippen molar-refractivity contribution >= 4 is 5.97 Å². The lowest BCUT2D eigenvalue weighted by atomic mass is 10.0. The Hall–Kier alpha value is -1.45. The van der Waals surface area contributed by atoms with E-state index >= 15 is 0 Å². The highest BCUT2D eigenvalue weighted by Gasteiger charge is 2.10. The molecule has 14 heavy (non-hydrogen) atoms. The van der Waals surface area contributed by atoms with Gasteiger partial charge in [-0.3, -0.25) is 4.79 Å². The summed E-state index contributed by atoms with van der Waals surface area (Å²) in [5.74, 6) is -2.99. The molecule has 1 N–H and O–H groups in total. The Bertz CT molecular complexity index is 361. The second-order valence-corrected chi connectivity index (χ2v) is 2.96. The standard InChI is InChI=1S/C10H10F2O2/c1-2-6-3-8(11)9(12)4-7(6)5-10(13)14/h3-4H,2,5H2,1H3,(H,13,14). The largest absolute Gasteiger partial charge is 0.481 e. The van der Waals surface area contributed by atoms with E-state index in [-0.39, 0.29) is 6.42 Å². The molecule has 0 spiro atoms. The fourth-order valence-electron chi connectivity index (χ4n) is 1.29. The first kappa shape index (κ1) is 10.6. The zero-order valence-electron chi connectivity index (χ0n) is 7.68. The van der Waals surface area contributed by atoms with E-state index in [0.717, 1.165) is 12.1 Å². The summed E-state index contributed by atoms with van der Waals surface area (Å²) in [6.45, 7) is 1.76. The van der Waals surface area contributed by atoms with E-state index in [2.05, 4.69) is 0 Å². The Morgan fingerprint density at radius 1 is 1.29 bits per heavy atom. The normalized spacial score (nSPS) is 10.2. The molecule has 0 amide bonds. The molecule has 0 aliphatic heterocycles. The van der Waals surface area contributed by atoms with Crippen LogP contribution in [0, 0.1) is 11.6 Å². The number of rotatable bonds is 3. The van der Waals surface area contributed by atoms with Crippen LogP contribution in [-0.4, -0.2) is 11.1 Å². The molecule has 0 radical (unpaired) electrons. The van der Waals surface area contributed by atoms with Crippen LogP contribution in [0.2, 0.25) is 0 Å². The van der Waals surface area contributed by atoms with E-state index in [0.29, 0.717) is 17.5 Å². The van der Waals surface area contributed by atoms with Gasteiger partial charge in [-0.2, -0.15) is 0 Å². The van der Waals surface area contributed by atoms with Gasteiger partial charge < -0.3 is 5.11 Å². The molecule has 0 unspecified atom stereocenters. The van der Waals surface area contributed by atoms with E-state index in [1.165, 1.54) is 0 Å². The second kappa shape index (κ2) is 4.17. The van der Waals surface area contributed by atoms with Crippen molar-refractivity contribution in [2.24, 2.45) is 0 Å². The molecule has 0 atom stereocenters. The number of carboxylic acids is 1. The van der Waals surface area contributed by atoms with E-state index in [1.807, 2.05) is 0 Å². The summed E-state index contributed by atoms with van der Waals surface area (Å²) in [6.07, 6.45) is 0.209. The summed E-state index contributed by atoms with van der Waals surface area (Å²) in [4.78, 5) is 10.4. The van der Waals surface area contributed by atoms with Gasteiger partial charge in [-0.1, -0.05) is 6.92 Å². The van der Waals surface area contributed by atoms with E-state index in [9.17, 15) is 13.6 Å². The van der Waals surface area contributed by atoms with Crippen molar-refractivity contribution in [1.82, 2.24) is 0 Å². The molecule has 0 saturated carbocycles. The van der Waals surface area contributed by atoms with Gasteiger partial charge in [0.1, 0.15) is 0 Å². The zero-order chi connectivity index (χ0) is 10.7. The van der Waals surface area contributed by atoms with Crippen LogP contribution in [0.25, 0.3) is 0 Å². The van der Waals surface area contributed by atoms with Crippen LogP contribution in [-0.2, 0) is 17.6 Å². The highest BCUT2D eigenvalue weighted by molar-refractivity contribution is 5.70. The first-order valence-corrected chi connectivity index (χ1v) is 4.23. The van der Waals surface area contributed by atoms with Crippen molar-refractivity contribution in [1.29, 1.82) is 0 Å². The number of halogens is 2. The molecule has 1 rings (SSSR count). The summed E-state index contributed by atoms with van der Waals surface area (Å²) < 4.78 is 25.5. The maximum Gasteiger partial charge on any atom is 0.307 e. The van der Waals surface area contributed by atoms with E-state index < -0.39 is 17.6 Å². The van der Waals surface area contributed by atoms with Gasteiger partial charge in [-0.05, 0) is 29.7 Å². The van der Waals surface area contributed by atoms with E-state index in [4.69, 9.17) is 5.11 Å². The lowest BCUT2D eigenvalue weighted by Crippen LogP contribution is -2.05. The maximum atomic E-state index is 12.8. The first-order valence-electron chi connectivity index (χ1n) is 4.23. The Kier molecular flexibility index (Phi) is 3.17. The van der Waals surface area contributed by atoms with Crippen LogP contribution in [0.5, 0.6) is 0 Å². The lowest BCUT2D eigenvalue weighted by Gasteiger charge is -2.06. The van der Waals surface area contributed by atoms with Gasteiger partial charge in [0.2, 0.25) is 0 Å². The summed E-state index contributed by atoms with van der Waals surface area (Å²) in [7, 11) is 0. The van der Waals surface area contributed by atoms with Crippen molar-refractivity contribution in [2.45, 2.75) is 19.8 Å². The molecular formula is C10H10F2O2. The molecule has 0 saturated heterocycles. The van der Waals surface area contributed by atoms with Gasteiger partial charge in [0, 0.05) is 0 Å². The molecule has 0 aliphatic rings. The molecule has 2 nitrogen and oxygen atoms in total. The summed E-state index contributed by atoms with van der Waals surface area (Å²) in [5, 5.41) is 8.53. The predicted molar refractivity (Wildman–Crippen MR) is 47.1 cm³/mol. The number of carbonyl (C=O) groups is 1. The summed E-state index contributed by atoms with van der Waals surface area (Å²) >= 11 is 0. The third kappa shape index (κ3) is 2.28. The SMILES string of the molecule is CCc1cc(F)c(F)cc1CC(=O)O. The highest BCUT2D eigenvalue weighted by Crippen LogP contribution is 2.16. The topological polar surface area (TPSA) is 37.3 Å². The van der Waals surface area contributed by atoms with Crippen molar-refractivity contribution < 1.29 is 18.7 Å². The minimum atomic E-state index is -1.05. The van der Waals surface area contributed by atoms with Crippen LogP contribution in [0.15, 0.2) is 12.1 Å². The molecule has 1 aromatic carbocycles. The number of hydrogen-bond acceptors (Lipinski definition) is 1. The van der Waals surface area contributed by atoms with Gasteiger partial charge in [-0.15, -0.1) is 0 Å². The number of carboxylic acid groups (broad SMARTS) is 1. The van der Waals surface area contributed by atoms with Gasteiger partial charge >= 0.3 is 5.97 Å². The molecule has 0 bridgehead atoms. The summed E-state index contributed by atoms with van der Waals surface area (Å²) in [6, 6.07) is 2.00. The number of aliphatic carboxylic acids is 1. The smallest absolute Gasteiger partial charge is 0.307 e. The average Bonchev–Trinajstić information content (AvgIpc) is 2.10. The first-order chi connectivity index (χ1) is 6.54. The van der Waals surface area contributed by atoms with Gasteiger partial charge in [0.05, 0.1) is 6.42 Å². The molecular weight excluding hydrogens is 190 g/mol. The third-order valence-electron chi connectivity index (χ3n) is 1.97. The average molecular weight is 200 g/mol. The predicted octanol–water partition coefficient (Wildman–Crippen LogP) is 2.15. The Balaban J connectivity index is 3.13. The van der Waals surface area contributed by atoms with Crippen LogP contribution >= 0.6 is 0 Å². The Morgan fingerprint density at radius 2 is 1.79 bits per heavy atom. The minimum Gasteiger partial charge on any atom is -0.481 e. The zero-order valence-corrected chi connectivity index (χ0v) is 7.68. The van der Waals surface area contributed by atoms with Crippen LogP contribution in [0.4, 0.5) is 8.78 Å².